The molecule has 0 aliphatic heterocycles. The Balaban J connectivity index is 1.23. The molecule has 5 rings (SSSR count). The van der Waals surface area contributed by atoms with E-state index >= 15 is 0 Å². The highest BCUT2D eigenvalue weighted by molar-refractivity contribution is 8.76. The predicted molar refractivity (Wildman–Crippen MR) is 167 cm³/mol. The lowest BCUT2D eigenvalue weighted by atomic mass is 9.47. The van der Waals surface area contributed by atoms with Gasteiger partial charge in [0.2, 0.25) is 5.03 Å². The zero-order valence-corrected chi connectivity index (χ0v) is 27.2. The highest BCUT2D eigenvalue weighted by Gasteiger charge is 2.59. The van der Waals surface area contributed by atoms with Gasteiger partial charge < -0.3 is 0 Å². The van der Waals surface area contributed by atoms with Crippen LogP contribution in [0.5, 0.6) is 0 Å². The van der Waals surface area contributed by atoms with Gasteiger partial charge in [0, 0.05) is 28.2 Å². The maximum atomic E-state index is 2.78. The molecule has 0 aromatic carbocycles. The zero-order chi connectivity index (χ0) is 27.1. The van der Waals surface area contributed by atoms with Crippen LogP contribution in [0.25, 0.3) is 0 Å². The van der Waals surface area contributed by atoms with E-state index in [9.17, 15) is 0 Å². The molecule has 0 N–H and O–H groups in total. The molecular weight excluding hydrogens is 499 g/mol. The first-order chi connectivity index (χ1) is 18.2. The van der Waals surface area contributed by atoms with Crippen LogP contribution in [0.2, 0.25) is 0 Å². The van der Waals surface area contributed by atoms with Gasteiger partial charge in [0.1, 0.15) is 7.05 Å². The fraction of sp³-hybridized carbons (Fsp3) is 0.800. The van der Waals surface area contributed by atoms with Crippen molar-refractivity contribution in [2.24, 2.45) is 59.3 Å². The van der Waals surface area contributed by atoms with E-state index in [0.717, 1.165) is 46.7 Å². The number of hydrogen-bond donors (Lipinski definition) is 0. The van der Waals surface area contributed by atoms with Crippen LogP contribution in [0.3, 0.4) is 0 Å². The van der Waals surface area contributed by atoms with Crippen molar-refractivity contribution in [1.29, 1.82) is 0 Å². The fourth-order valence-electron chi connectivity index (χ4n) is 10.1. The smallest absolute Gasteiger partial charge is 0.195 e. The second-order valence-electron chi connectivity index (χ2n) is 14.6. The first-order valence-electron chi connectivity index (χ1n) is 16.1. The average molecular weight is 555 g/mol. The van der Waals surface area contributed by atoms with Crippen molar-refractivity contribution >= 4 is 21.6 Å². The highest BCUT2D eigenvalue weighted by Crippen LogP contribution is 2.67. The van der Waals surface area contributed by atoms with Gasteiger partial charge in [-0.25, -0.2) is 0 Å². The van der Waals surface area contributed by atoms with Crippen molar-refractivity contribution in [3.8, 4) is 0 Å². The van der Waals surface area contributed by atoms with Gasteiger partial charge >= 0.3 is 0 Å². The lowest BCUT2D eigenvalue weighted by molar-refractivity contribution is -0.708. The molecule has 3 heteroatoms. The van der Waals surface area contributed by atoms with Crippen molar-refractivity contribution in [3.05, 3.63) is 36.0 Å². The Labute approximate surface area is 243 Å². The number of fused-ring (bicyclic) bond motifs is 5. The summed E-state index contributed by atoms with van der Waals surface area (Å²) in [5.74, 6) is 6.47. The minimum Gasteiger partial charge on any atom is -0.195 e. The second-order valence-corrected chi connectivity index (χ2v) is 17.2. The molecule has 0 spiro atoms. The Morgan fingerprint density at radius 1 is 1.00 bits per heavy atom. The molecule has 0 radical (unpaired) electrons. The lowest BCUT2D eigenvalue weighted by Crippen LogP contribution is -2.50. The molecule has 9 atom stereocenters. The summed E-state index contributed by atoms with van der Waals surface area (Å²) < 4.78 is 2.26. The van der Waals surface area contributed by atoms with Crippen LogP contribution in [-0.4, -0.2) is 5.25 Å². The summed E-state index contributed by atoms with van der Waals surface area (Å²) in [6.45, 7) is 15.3. The third kappa shape index (κ3) is 5.43. The molecule has 4 aliphatic rings. The largest absolute Gasteiger partial charge is 0.250 e. The van der Waals surface area contributed by atoms with Crippen LogP contribution >= 0.6 is 21.6 Å². The Morgan fingerprint density at radius 3 is 2.55 bits per heavy atom. The third-order valence-corrected chi connectivity index (χ3v) is 15.5. The standard InChI is InChI=1S/C35H56NS2/c1-8-26(24(2)3)13-12-25(4)30-16-17-31-29-15-14-27-23-28(37-38-33-11-9-10-22-36(33)7)18-20-34(27,5)32(29)19-21-35(30,31)6/h9-11,14,22,24-26,28-32H,8,12-13,15-21,23H2,1-7H3/q+1/t25-,26-,28+,29+,30-,31+,32+,34+,35-/m1/s1. The molecule has 38 heavy (non-hydrogen) atoms. The monoisotopic (exact) mass is 554 g/mol. The van der Waals surface area contributed by atoms with E-state index in [4.69, 9.17) is 0 Å². The summed E-state index contributed by atoms with van der Waals surface area (Å²) in [7, 11) is 6.29. The second kappa shape index (κ2) is 11.8. The van der Waals surface area contributed by atoms with Crippen LogP contribution in [0.1, 0.15) is 112 Å². The maximum absolute atomic E-state index is 2.78. The van der Waals surface area contributed by atoms with Gasteiger partial charge in [0.15, 0.2) is 6.20 Å². The van der Waals surface area contributed by atoms with Crippen LogP contribution < -0.4 is 4.57 Å². The van der Waals surface area contributed by atoms with Crippen LogP contribution in [-0.2, 0) is 7.05 Å². The molecule has 1 aromatic heterocycles. The number of aryl methyl sites for hydroxylation is 1. The number of rotatable bonds is 9. The first kappa shape index (κ1) is 29.1. The summed E-state index contributed by atoms with van der Waals surface area (Å²) in [6, 6.07) is 6.56. The summed E-state index contributed by atoms with van der Waals surface area (Å²) in [5, 5.41) is 2.13. The number of nitrogens with zero attached hydrogens (tertiary/aromatic N) is 1. The molecule has 1 heterocycles. The van der Waals surface area contributed by atoms with E-state index in [0.29, 0.717) is 10.8 Å². The molecule has 3 saturated carbocycles. The SMILES string of the molecule is CC[C@H](CC[C@@H](C)[C@H]1CC[C@H]2[C@@H]3CC=C4C[C@@H](SSc5cccc[n+]5C)CC[C@]4(C)[C@H]3CC[C@]12C)C(C)C. The molecule has 0 amide bonds. The van der Waals surface area contributed by atoms with Gasteiger partial charge in [-0.05, 0) is 116 Å². The van der Waals surface area contributed by atoms with E-state index in [1.54, 1.807) is 0 Å². The molecular formula is C35H56NS2+. The molecule has 3 fully saturated rings. The van der Waals surface area contributed by atoms with Gasteiger partial charge in [-0.2, -0.15) is 4.57 Å². The minimum absolute atomic E-state index is 0.471. The van der Waals surface area contributed by atoms with E-state index in [1.165, 1.54) is 75.7 Å². The molecule has 0 bridgehead atoms. The van der Waals surface area contributed by atoms with Crippen molar-refractivity contribution in [2.75, 3.05) is 0 Å². The third-order valence-electron chi connectivity index (χ3n) is 12.6. The van der Waals surface area contributed by atoms with Crippen molar-refractivity contribution in [2.45, 2.75) is 122 Å². The lowest BCUT2D eigenvalue weighted by Gasteiger charge is -2.58. The van der Waals surface area contributed by atoms with Gasteiger partial charge in [0.05, 0.1) is 0 Å². The average Bonchev–Trinajstić information content (AvgIpc) is 3.25. The van der Waals surface area contributed by atoms with Gasteiger partial charge in [-0.1, -0.05) is 76.8 Å². The van der Waals surface area contributed by atoms with E-state index in [-0.39, 0.29) is 0 Å². The molecule has 0 saturated heterocycles. The zero-order valence-electron chi connectivity index (χ0n) is 25.5. The molecule has 0 unspecified atom stereocenters. The normalized spacial score (nSPS) is 38.2. The van der Waals surface area contributed by atoms with Gasteiger partial charge in [-0.3, -0.25) is 0 Å². The van der Waals surface area contributed by atoms with E-state index in [1.807, 2.05) is 16.4 Å². The number of hydrogen-bond acceptors (Lipinski definition) is 2. The van der Waals surface area contributed by atoms with Crippen LogP contribution in [0.15, 0.2) is 41.1 Å². The summed E-state index contributed by atoms with van der Waals surface area (Å²) in [6.07, 6.45) is 20.7. The number of allylic oxidation sites excluding steroid dienone is 2. The van der Waals surface area contributed by atoms with Crippen molar-refractivity contribution < 1.29 is 4.57 Å². The summed E-state index contributed by atoms with van der Waals surface area (Å²) >= 11 is 0. The summed E-state index contributed by atoms with van der Waals surface area (Å²) in [4.78, 5) is 0. The van der Waals surface area contributed by atoms with Crippen LogP contribution in [0, 0.1) is 52.3 Å². The maximum Gasteiger partial charge on any atom is 0.250 e. The fourth-order valence-corrected chi connectivity index (χ4v) is 12.8. The molecule has 212 valence electrons. The Hall–Kier alpha value is -0.410. The Kier molecular flexibility index (Phi) is 9.06. The van der Waals surface area contributed by atoms with E-state index < -0.39 is 0 Å². The Morgan fingerprint density at radius 2 is 1.82 bits per heavy atom. The molecule has 1 aromatic rings. The van der Waals surface area contributed by atoms with Crippen molar-refractivity contribution in [1.82, 2.24) is 0 Å². The van der Waals surface area contributed by atoms with Gasteiger partial charge in [-0.15, -0.1) is 0 Å². The molecule has 1 nitrogen and oxygen atoms in total. The minimum atomic E-state index is 0.471. The number of aromatic nitrogens is 1. The van der Waals surface area contributed by atoms with Crippen LogP contribution in [0.4, 0.5) is 0 Å². The molecule has 4 aliphatic carbocycles. The highest BCUT2D eigenvalue weighted by atomic mass is 33.1. The summed E-state index contributed by atoms with van der Waals surface area (Å²) in [5.41, 5.74) is 2.90. The topological polar surface area (TPSA) is 3.88 Å². The van der Waals surface area contributed by atoms with Gasteiger partial charge in [0.25, 0.3) is 0 Å². The van der Waals surface area contributed by atoms with E-state index in [2.05, 4.69) is 94.4 Å². The number of pyridine rings is 1. The predicted octanol–water partition coefficient (Wildman–Crippen LogP) is 10.3. The Bertz CT molecular complexity index is 986. The quantitative estimate of drug-likeness (QED) is 0.170. The first-order valence-corrected chi connectivity index (χ1v) is 18.4. The van der Waals surface area contributed by atoms with Crippen molar-refractivity contribution in [3.63, 3.8) is 0 Å².